The molecule has 150 valence electrons. The monoisotopic (exact) mass is 417 g/mol. The molecule has 0 aliphatic heterocycles. The standard InChI is InChI=1S/C24H20FN3OS/c25-21-11-9-20(10-12-21)23-17-30-24(26-14-13-18-5-2-1-3-6-18)28(23)27-16-19-7-4-8-22(29)15-19/h1-12,15-17,29H,13-14H2. The van der Waals surface area contributed by atoms with E-state index >= 15 is 0 Å². The molecule has 4 nitrogen and oxygen atoms in total. The molecule has 0 spiro atoms. The molecule has 6 heteroatoms. The van der Waals surface area contributed by atoms with Crippen molar-refractivity contribution in [3.63, 3.8) is 0 Å². The van der Waals surface area contributed by atoms with Gasteiger partial charge in [0.25, 0.3) is 0 Å². The van der Waals surface area contributed by atoms with Crippen LogP contribution in [0.4, 0.5) is 4.39 Å². The summed E-state index contributed by atoms with van der Waals surface area (Å²) in [6.45, 7) is 0.634. The van der Waals surface area contributed by atoms with E-state index in [0.29, 0.717) is 6.54 Å². The summed E-state index contributed by atoms with van der Waals surface area (Å²) in [6.07, 6.45) is 2.51. The fraction of sp³-hybridized carbons (Fsp3) is 0.0833. The fourth-order valence-electron chi connectivity index (χ4n) is 2.99. The molecule has 1 aromatic heterocycles. The van der Waals surface area contributed by atoms with E-state index in [1.165, 1.54) is 29.0 Å². The summed E-state index contributed by atoms with van der Waals surface area (Å²) in [4.78, 5) is 5.49. The van der Waals surface area contributed by atoms with Crippen molar-refractivity contribution in [3.05, 3.63) is 106 Å². The Morgan fingerprint density at radius 1 is 0.967 bits per heavy atom. The summed E-state index contributed by atoms with van der Waals surface area (Å²) in [6, 6.07) is 23.4. The third kappa shape index (κ3) is 4.90. The number of phenols is 1. The second-order valence-corrected chi connectivity index (χ2v) is 7.52. The van der Waals surface area contributed by atoms with Crippen LogP contribution in [0.15, 0.2) is 94.3 Å². The summed E-state index contributed by atoms with van der Waals surface area (Å²) in [7, 11) is 0. The average molecular weight is 418 g/mol. The fourth-order valence-corrected chi connectivity index (χ4v) is 3.86. The highest BCUT2D eigenvalue weighted by atomic mass is 32.1. The van der Waals surface area contributed by atoms with E-state index in [2.05, 4.69) is 17.2 Å². The number of phenolic OH excluding ortho intramolecular Hbond substituents is 1. The lowest BCUT2D eigenvalue weighted by molar-refractivity contribution is 0.475. The van der Waals surface area contributed by atoms with E-state index in [1.807, 2.05) is 29.6 Å². The maximum Gasteiger partial charge on any atom is 0.206 e. The molecule has 3 aromatic carbocycles. The molecule has 0 aliphatic rings. The van der Waals surface area contributed by atoms with Gasteiger partial charge in [-0.05, 0) is 53.9 Å². The number of hydrogen-bond acceptors (Lipinski definition) is 4. The molecule has 0 fully saturated rings. The van der Waals surface area contributed by atoms with Gasteiger partial charge in [-0.2, -0.15) is 5.10 Å². The molecule has 0 radical (unpaired) electrons. The Morgan fingerprint density at radius 3 is 2.53 bits per heavy atom. The maximum atomic E-state index is 13.4. The first-order valence-corrected chi connectivity index (χ1v) is 10.4. The third-order valence-electron chi connectivity index (χ3n) is 4.51. The number of rotatable bonds is 6. The van der Waals surface area contributed by atoms with Crippen molar-refractivity contribution in [2.24, 2.45) is 10.1 Å². The molecule has 30 heavy (non-hydrogen) atoms. The van der Waals surface area contributed by atoms with Crippen molar-refractivity contribution >= 4 is 17.6 Å². The van der Waals surface area contributed by atoms with Crippen LogP contribution in [0.5, 0.6) is 5.75 Å². The summed E-state index contributed by atoms with van der Waals surface area (Å²) < 4.78 is 15.1. The quantitative estimate of drug-likeness (QED) is 0.437. The zero-order valence-electron chi connectivity index (χ0n) is 16.1. The van der Waals surface area contributed by atoms with Crippen LogP contribution in [0, 0.1) is 5.82 Å². The van der Waals surface area contributed by atoms with Gasteiger partial charge in [-0.15, -0.1) is 11.3 Å². The zero-order chi connectivity index (χ0) is 20.8. The Kier molecular flexibility index (Phi) is 6.15. The molecule has 1 heterocycles. The minimum absolute atomic E-state index is 0.181. The Morgan fingerprint density at radius 2 is 1.77 bits per heavy atom. The van der Waals surface area contributed by atoms with Crippen LogP contribution in [-0.4, -0.2) is 22.5 Å². The molecule has 0 saturated carbocycles. The van der Waals surface area contributed by atoms with Gasteiger partial charge in [0.1, 0.15) is 11.6 Å². The maximum absolute atomic E-state index is 13.4. The van der Waals surface area contributed by atoms with Crippen LogP contribution in [0.25, 0.3) is 11.3 Å². The molecule has 0 bridgehead atoms. The predicted molar refractivity (Wildman–Crippen MR) is 119 cm³/mol. The Hall–Kier alpha value is -3.51. The van der Waals surface area contributed by atoms with Gasteiger partial charge in [0.2, 0.25) is 4.80 Å². The molecular formula is C24H20FN3OS. The van der Waals surface area contributed by atoms with Gasteiger partial charge in [0.15, 0.2) is 0 Å². The van der Waals surface area contributed by atoms with Crippen LogP contribution >= 0.6 is 11.3 Å². The summed E-state index contributed by atoms with van der Waals surface area (Å²) in [5.41, 5.74) is 3.68. The van der Waals surface area contributed by atoms with Gasteiger partial charge < -0.3 is 5.11 Å². The highest BCUT2D eigenvalue weighted by Gasteiger charge is 2.08. The average Bonchev–Trinajstić information content (AvgIpc) is 3.16. The first-order valence-electron chi connectivity index (χ1n) is 9.53. The van der Waals surface area contributed by atoms with Crippen molar-refractivity contribution in [1.82, 2.24) is 4.68 Å². The van der Waals surface area contributed by atoms with Crippen molar-refractivity contribution in [2.75, 3.05) is 6.54 Å². The number of benzene rings is 3. The number of aromatic nitrogens is 1. The number of aromatic hydroxyl groups is 1. The largest absolute Gasteiger partial charge is 0.508 e. The molecule has 0 aliphatic carbocycles. The van der Waals surface area contributed by atoms with Crippen LogP contribution in [-0.2, 0) is 6.42 Å². The van der Waals surface area contributed by atoms with Crippen molar-refractivity contribution < 1.29 is 9.50 Å². The van der Waals surface area contributed by atoms with Crippen molar-refractivity contribution in [2.45, 2.75) is 6.42 Å². The van der Waals surface area contributed by atoms with E-state index in [0.717, 1.165) is 28.0 Å². The van der Waals surface area contributed by atoms with Gasteiger partial charge in [0, 0.05) is 17.5 Å². The zero-order valence-corrected chi connectivity index (χ0v) is 17.0. The minimum Gasteiger partial charge on any atom is -0.508 e. The molecule has 0 atom stereocenters. The third-order valence-corrected chi connectivity index (χ3v) is 5.36. The predicted octanol–water partition coefficient (Wildman–Crippen LogP) is 5.09. The van der Waals surface area contributed by atoms with E-state index in [1.54, 1.807) is 41.2 Å². The lowest BCUT2D eigenvalue weighted by atomic mass is 10.2. The Labute approximate surface area is 177 Å². The lowest BCUT2D eigenvalue weighted by Gasteiger charge is -2.04. The smallest absolute Gasteiger partial charge is 0.206 e. The van der Waals surface area contributed by atoms with Crippen LogP contribution in [0.3, 0.4) is 0 Å². The summed E-state index contributed by atoms with van der Waals surface area (Å²) in [5.74, 6) is -0.0997. The molecule has 4 aromatic rings. The van der Waals surface area contributed by atoms with E-state index < -0.39 is 0 Å². The first-order chi connectivity index (χ1) is 14.7. The van der Waals surface area contributed by atoms with Crippen molar-refractivity contribution in [3.8, 4) is 17.0 Å². The topological polar surface area (TPSA) is 49.9 Å². The SMILES string of the molecule is Oc1cccc(C=Nn2c(-c3ccc(F)cc3)csc2=NCCc2ccccc2)c1. The highest BCUT2D eigenvalue weighted by molar-refractivity contribution is 7.07. The number of hydrogen-bond donors (Lipinski definition) is 1. The molecule has 0 amide bonds. The van der Waals surface area contributed by atoms with E-state index in [4.69, 9.17) is 4.99 Å². The molecule has 4 rings (SSSR count). The van der Waals surface area contributed by atoms with Crippen LogP contribution in [0.1, 0.15) is 11.1 Å². The normalized spacial score (nSPS) is 12.0. The highest BCUT2D eigenvalue weighted by Crippen LogP contribution is 2.20. The summed E-state index contributed by atoms with van der Waals surface area (Å²) >= 11 is 1.49. The van der Waals surface area contributed by atoms with Gasteiger partial charge in [-0.25, -0.2) is 9.07 Å². The van der Waals surface area contributed by atoms with Crippen LogP contribution < -0.4 is 4.80 Å². The minimum atomic E-state index is -0.281. The first kappa shape index (κ1) is 19.8. The van der Waals surface area contributed by atoms with E-state index in [-0.39, 0.29) is 11.6 Å². The van der Waals surface area contributed by atoms with Gasteiger partial charge in [0.05, 0.1) is 11.9 Å². The number of halogens is 1. The van der Waals surface area contributed by atoms with E-state index in [9.17, 15) is 9.50 Å². The molecule has 1 N–H and O–H groups in total. The summed E-state index contributed by atoms with van der Waals surface area (Å²) in [5, 5.41) is 16.3. The van der Waals surface area contributed by atoms with Gasteiger partial charge >= 0.3 is 0 Å². The Bertz CT molecular complexity index is 1210. The molecule has 0 unspecified atom stereocenters. The van der Waals surface area contributed by atoms with Gasteiger partial charge in [-0.1, -0.05) is 42.5 Å². The molecular weight excluding hydrogens is 397 g/mol. The molecule has 0 saturated heterocycles. The van der Waals surface area contributed by atoms with Crippen molar-refractivity contribution in [1.29, 1.82) is 0 Å². The number of thiazole rings is 1. The van der Waals surface area contributed by atoms with Gasteiger partial charge in [-0.3, -0.25) is 4.99 Å². The van der Waals surface area contributed by atoms with Crippen LogP contribution in [0.2, 0.25) is 0 Å². The number of nitrogens with zero attached hydrogens (tertiary/aromatic N) is 3. The second kappa shape index (κ2) is 9.33. The lowest BCUT2D eigenvalue weighted by Crippen LogP contribution is -2.13. The Balaban J connectivity index is 1.68. The second-order valence-electron chi connectivity index (χ2n) is 6.68.